The van der Waals surface area contributed by atoms with Gasteiger partial charge in [-0.15, -0.1) is 0 Å². The van der Waals surface area contributed by atoms with Gasteiger partial charge >= 0.3 is 0 Å². The van der Waals surface area contributed by atoms with Gasteiger partial charge in [0.25, 0.3) is 0 Å². The molecule has 0 aromatic carbocycles. The summed E-state index contributed by atoms with van der Waals surface area (Å²) in [6.45, 7) is 3.84. The lowest BCUT2D eigenvalue weighted by atomic mass is 9.98. The average Bonchev–Trinajstić information content (AvgIpc) is 2.21. The Hall–Kier alpha value is -0.300. The summed E-state index contributed by atoms with van der Waals surface area (Å²) >= 11 is 0. The summed E-state index contributed by atoms with van der Waals surface area (Å²) in [7, 11) is 0. The second-order valence-corrected chi connectivity index (χ2v) is 4.25. The zero-order valence-corrected chi connectivity index (χ0v) is 8.47. The van der Waals surface area contributed by atoms with Crippen molar-refractivity contribution < 1.29 is 0 Å². The molecule has 0 spiro atoms. The van der Waals surface area contributed by atoms with Crippen LogP contribution in [0.1, 0.15) is 38.5 Å². The molecule has 1 heteroatoms. The second-order valence-electron chi connectivity index (χ2n) is 4.25. The second kappa shape index (κ2) is 4.80. The van der Waals surface area contributed by atoms with Crippen molar-refractivity contribution in [3.05, 3.63) is 18.1 Å². The van der Waals surface area contributed by atoms with Crippen molar-refractivity contribution in [1.29, 1.82) is 0 Å². The maximum absolute atomic E-state index is 2.61. The van der Waals surface area contributed by atoms with Crippen molar-refractivity contribution in [2.75, 3.05) is 19.6 Å². The van der Waals surface area contributed by atoms with Crippen molar-refractivity contribution in [2.24, 2.45) is 0 Å². The van der Waals surface area contributed by atoms with E-state index < -0.39 is 0 Å². The highest BCUT2D eigenvalue weighted by molar-refractivity contribution is 5.07. The normalized spacial score (nSPS) is 25.7. The van der Waals surface area contributed by atoms with Crippen molar-refractivity contribution in [3.63, 3.8) is 0 Å². The van der Waals surface area contributed by atoms with Crippen LogP contribution < -0.4 is 0 Å². The van der Waals surface area contributed by atoms with E-state index in [1.807, 2.05) is 0 Å². The average molecular weight is 178 g/mol. The van der Waals surface area contributed by atoms with Crippen LogP contribution in [-0.2, 0) is 0 Å². The van der Waals surface area contributed by atoms with Gasteiger partial charge < -0.3 is 0 Å². The van der Waals surface area contributed by atoms with Crippen LogP contribution in [-0.4, -0.2) is 24.5 Å². The molecule has 1 fully saturated rings. The molecule has 1 heterocycles. The molecular weight excluding hydrogens is 158 g/mol. The molecular formula is C12H20N. The van der Waals surface area contributed by atoms with Crippen LogP contribution in [0.15, 0.2) is 11.6 Å². The molecule has 1 saturated heterocycles. The standard InChI is InChI=1S/C12H20N/c1-3-7-12(8-4-1)11-13-9-5-2-6-10-13/h2,7H,1,3-6,8-11H2. The van der Waals surface area contributed by atoms with Gasteiger partial charge in [-0.1, -0.05) is 11.6 Å². The van der Waals surface area contributed by atoms with Crippen LogP contribution in [0.5, 0.6) is 0 Å². The molecule has 0 atom stereocenters. The fourth-order valence-electron chi connectivity index (χ4n) is 2.30. The molecule has 0 bridgehead atoms. The Morgan fingerprint density at radius 1 is 1.08 bits per heavy atom. The molecule has 0 unspecified atom stereocenters. The number of likely N-dealkylation sites (tertiary alicyclic amines) is 1. The Bertz CT molecular complexity index is 178. The van der Waals surface area contributed by atoms with Crippen molar-refractivity contribution in [2.45, 2.75) is 38.5 Å². The van der Waals surface area contributed by atoms with Gasteiger partial charge in [0.2, 0.25) is 0 Å². The highest BCUT2D eigenvalue weighted by atomic mass is 15.1. The number of allylic oxidation sites excluding steroid dienone is 1. The number of rotatable bonds is 2. The zero-order valence-electron chi connectivity index (χ0n) is 8.47. The van der Waals surface area contributed by atoms with Gasteiger partial charge in [-0.25, -0.2) is 0 Å². The number of hydrogen-bond donors (Lipinski definition) is 0. The minimum Gasteiger partial charge on any atom is -0.299 e. The number of nitrogens with zero attached hydrogens (tertiary/aromatic N) is 1. The molecule has 0 N–H and O–H groups in total. The summed E-state index contributed by atoms with van der Waals surface area (Å²) < 4.78 is 0. The van der Waals surface area contributed by atoms with Crippen molar-refractivity contribution in [3.8, 4) is 0 Å². The molecule has 13 heavy (non-hydrogen) atoms. The third-order valence-corrected chi connectivity index (χ3v) is 3.11. The summed E-state index contributed by atoms with van der Waals surface area (Å²) in [5, 5.41) is 0. The van der Waals surface area contributed by atoms with Gasteiger partial charge in [-0.2, -0.15) is 0 Å². The molecule has 1 aliphatic heterocycles. The van der Waals surface area contributed by atoms with Gasteiger partial charge in [0.15, 0.2) is 0 Å². The molecule has 0 saturated carbocycles. The van der Waals surface area contributed by atoms with Crippen molar-refractivity contribution in [1.82, 2.24) is 4.90 Å². The Balaban J connectivity index is 1.78. The number of piperidine rings is 1. The molecule has 2 aliphatic rings. The first-order chi connectivity index (χ1) is 6.45. The Morgan fingerprint density at radius 3 is 2.62 bits per heavy atom. The minimum atomic E-state index is 1.26. The SMILES string of the molecule is [CH]1CCN(CC2=CCCCC2)CC1. The van der Waals surface area contributed by atoms with Crippen LogP contribution >= 0.6 is 0 Å². The maximum atomic E-state index is 2.61. The van der Waals surface area contributed by atoms with Crippen LogP contribution in [0.25, 0.3) is 0 Å². The van der Waals surface area contributed by atoms with Gasteiger partial charge in [0.05, 0.1) is 0 Å². The Labute approximate surface area is 81.8 Å². The lowest BCUT2D eigenvalue weighted by Gasteiger charge is -2.28. The van der Waals surface area contributed by atoms with E-state index in [9.17, 15) is 0 Å². The maximum Gasteiger partial charge on any atom is 0.0192 e. The van der Waals surface area contributed by atoms with Gasteiger partial charge in [0, 0.05) is 6.54 Å². The van der Waals surface area contributed by atoms with Gasteiger partial charge in [0.1, 0.15) is 0 Å². The highest BCUT2D eigenvalue weighted by Crippen LogP contribution is 2.19. The first kappa shape index (κ1) is 9.26. The highest BCUT2D eigenvalue weighted by Gasteiger charge is 2.12. The third-order valence-electron chi connectivity index (χ3n) is 3.11. The largest absolute Gasteiger partial charge is 0.299 e. The van der Waals surface area contributed by atoms with Crippen LogP contribution in [0, 0.1) is 6.42 Å². The predicted octanol–water partition coefficient (Wildman–Crippen LogP) is 2.79. The van der Waals surface area contributed by atoms with E-state index in [0.29, 0.717) is 0 Å². The molecule has 73 valence electrons. The van der Waals surface area contributed by atoms with Crippen LogP contribution in [0.4, 0.5) is 0 Å². The van der Waals surface area contributed by atoms with E-state index in [0.717, 1.165) is 0 Å². The smallest absolute Gasteiger partial charge is 0.0192 e. The monoisotopic (exact) mass is 178 g/mol. The molecule has 1 nitrogen and oxygen atoms in total. The van der Waals surface area contributed by atoms with Crippen LogP contribution in [0.2, 0.25) is 0 Å². The van der Waals surface area contributed by atoms with E-state index in [2.05, 4.69) is 17.4 Å². The molecule has 0 aromatic rings. The zero-order chi connectivity index (χ0) is 8.93. The fraction of sp³-hybridized carbons (Fsp3) is 0.750. The quantitative estimate of drug-likeness (QED) is 0.588. The third kappa shape index (κ3) is 2.84. The minimum absolute atomic E-state index is 1.26. The molecule has 1 radical (unpaired) electrons. The summed E-state index contributed by atoms with van der Waals surface area (Å²) in [5.74, 6) is 0. The molecule has 0 amide bonds. The van der Waals surface area contributed by atoms with E-state index in [-0.39, 0.29) is 0 Å². The van der Waals surface area contributed by atoms with E-state index in [1.165, 1.54) is 58.2 Å². The van der Waals surface area contributed by atoms with Gasteiger partial charge in [-0.05, 0) is 58.0 Å². The molecule has 0 aromatic heterocycles. The van der Waals surface area contributed by atoms with E-state index >= 15 is 0 Å². The van der Waals surface area contributed by atoms with Crippen molar-refractivity contribution >= 4 is 0 Å². The van der Waals surface area contributed by atoms with E-state index in [1.54, 1.807) is 5.57 Å². The fourth-order valence-corrected chi connectivity index (χ4v) is 2.30. The first-order valence-electron chi connectivity index (χ1n) is 5.67. The predicted molar refractivity (Wildman–Crippen MR) is 56.5 cm³/mol. The summed E-state index contributed by atoms with van der Waals surface area (Å²) in [6, 6.07) is 0. The lowest BCUT2D eigenvalue weighted by molar-refractivity contribution is 0.271. The molecule has 1 aliphatic carbocycles. The summed E-state index contributed by atoms with van der Waals surface area (Å²) in [5.41, 5.74) is 1.70. The topological polar surface area (TPSA) is 3.24 Å². The summed E-state index contributed by atoms with van der Waals surface area (Å²) in [4.78, 5) is 2.61. The first-order valence-corrected chi connectivity index (χ1v) is 5.67. The number of hydrogen-bond acceptors (Lipinski definition) is 1. The van der Waals surface area contributed by atoms with E-state index in [4.69, 9.17) is 0 Å². The molecule has 2 rings (SSSR count). The Morgan fingerprint density at radius 2 is 1.92 bits per heavy atom. The lowest BCUT2D eigenvalue weighted by Crippen LogP contribution is -2.31. The Kier molecular flexibility index (Phi) is 3.42. The van der Waals surface area contributed by atoms with Crippen LogP contribution in [0.3, 0.4) is 0 Å². The summed E-state index contributed by atoms with van der Waals surface area (Å²) in [6.07, 6.45) is 13.0. The van der Waals surface area contributed by atoms with Gasteiger partial charge in [-0.3, -0.25) is 4.90 Å².